The first kappa shape index (κ1) is 79.6. The number of carbonyl (C=O) groups excluding carboxylic acids is 4. The van der Waals surface area contributed by atoms with Gasteiger partial charge in [-0.25, -0.2) is 13.1 Å². The van der Waals surface area contributed by atoms with Gasteiger partial charge in [-0.05, 0) is 57.4 Å². The summed E-state index contributed by atoms with van der Waals surface area (Å²) in [6, 6.07) is 11.9. The van der Waals surface area contributed by atoms with Gasteiger partial charge < -0.3 is 81.2 Å². The number of hydrogen-bond donors (Lipinski definition) is 2. The number of Topliss-reactive ketones (excluding diaryl/α,β-unsaturated/α-hetero) is 3. The van der Waals surface area contributed by atoms with E-state index in [0.717, 1.165) is 17.7 Å². The maximum atomic E-state index is 12.8. The number of hydrogen-bond acceptors (Lipinski definition) is 25. The van der Waals surface area contributed by atoms with E-state index in [-0.39, 0.29) is 73.9 Å². The first-order chi connectivity index (χ1) is 43.7. The van der Waals surface area contributed by atoms with Crippen LogP contribution in [0.4, 0.5) is 0 Å². The molecule has 2 aromatic carbocycles. The summed E-state index contributed by atoms with van der Waals surface area (Å²) in [5.41, 5.74) is 1.81. The average molecular weight is 1320 g/mol. The summed E-state index contributed by atoms with van der Waals surface area (Å²) in [6.07, 6.45) is 2.41. The van der Waals surface area contributed by atoms with Gasteiger partial charge in [-0.1, -0.05) is 35.0 Å². The van der Waals surface area contributed by atoms with Crippen LogP contribution in [-0.2, 0) is 114 Å². The average Bonchev–Trinajstić information content (AvgIpc) is 1.63. The van der Waals surface area contributed by atoms with Crippen LogP contribution in [0.25, 0.3) is 0 Å². The number of benzene rings is 2. The number of ketones is 3. The number of carbonyl (C=O) groups is 4. The lowest BCUT2D eigenvalue weighted by Crippen LogP contribution is -2.35. The summed E-state index contributed by atoms with van der Waals surface area (Å²) in [5, 5.41) is 8.95. The van der Waals surface area contributed by atoms with Gasteiger partial charge in [-0.2, -0.15) is 8.42 Å². The molecule has 0 spiro atoms. The number of aromatic nitrogens is 3. The fourth-order valence-corrected chi connectivity index (χ4v) is 9.81. The highest BCUT2D eigenvalue weighted by Crippen LogP contribution is 2.16. The summed E-state index contributed by atoms with van der Waals surface area (Å²) in [6.45, 7) is 16.1. The van der Waals surface area contributed by atoms with E-state index in [1.165, 1.54) is 36.4 Å². The van der Waals surface area contributed by atoms with Crippen LogP contribution >= 0.6 is 0 Å². The maximum Gasteiger partial charge on any atom is 0.275 e. The lowest BCUT2D eigenvalue weighted by atomic mass is 10.1. The Labute approximate surface area is 529 Å². The van der Waals surface area contributed by atoms with Gasteiger partial charge in [-0.15, -0.1) is 5.10 Å². The van der Waals surface area contributed by atoms with Gasteiger partial charge in [0, 0.05) is 50.1 Å². The maximum absolute atomic E-state index is 12.8. The summed E-state index contributed by atoms with van der Waals surface area (Å²) in [5.74, 6) is -2.12. The fourth-order valence-electron chi connectivity index (χ4n) is 7.71. The van der Waals surface area contributed by atoms with Crippen LogP contribution in [0.5, 0.6) is 0 Å². The summed E-state index contributed by atoms with van der Waals surface area (Å²) in [7, 11) is -8.48. The van der Waals surface area contributed by atoms with Crippen molar-refractivity contribution in [3.8, 4) is 0 Å². The van der Waals surface area contributed by atoms with Crippen molar-refractivity contribution in [1.29, 1.82) is 0 Å². The molecule has 2 N–H and O–H groups in total. The first-order valence-electron chi connectivity index (χ1n) is 30.4. The molecular weight excluding hydrogens is 1220 g/mol. The molecule has 90 heavy (non-hydrogen) atoms. The van der Waals surface area contributed by atoms with Gasteiger partial charge in [-0.3, -0.25) is 18.9 Å². The predicted molar refractivity (Wildman–Crippen MR) is 326 cm³/mol. The molecule has 0 saturated carbocycles. The molecule has 0 aliphatic heterocycles. The van der Waals surface area contributed by atoms with E-state index in [0.29, 0.717) is 191 Å². The highest BCUT2D eigenvalue weighted by Gasteiger charge is 2.30. The minimum atomic E-state index is -4.78. The van der Waals surface area contributed by atoms with Crippen LogP contribution in [0.1, 0.15) is 77.4 Å². The SMILES string of the molecule is CC(=O)CCCOCCOCCOCCn1cc(COCCOCCOCCOCCOCCOCCOCCOCCOCCOCCOCCOCCCC(=O)C(CCNC(=O)c2cccc(C(=O)CCS(=O)(=O)c3ccc(C)cc3)c2)S(=O)(=O)O)nn1. The Bertz CT molecular complexity index is 2580. The van der Waals surface area contributed by atoms with Crippen LogP contribution in [0, 0.1) is 6.92 Å². The topological polar surface area (TPSA) is 338 Å². The van der Waals surface area contributed by atoms with Gasteiger partial charge >= 0.3 is 0 Å². The molecule has 1 unspecified atom stereocenters. The zero-order valence-corrected chi connectivity index (χ0v) is 54.0. The van der Waals surface area contributed by atoms with Crippen LogP contribution in [0.3, 0.4) is 0 Å². The fraction of sp³-hybridized carbons (Fsp3) is 0.700. The summed E-state index contributed by atoms with van der Waals surface area (Å²) in [4.78, 5) is 49.4. The molecule has 0 bridgehead atoms. The van der Waals surface area contributed by atoms with E-state index < -0.39 is 48.4 Å². The number of rotatable bonds is 63. The van der Waals surface area contributed by atoms with Crippen molar-refractivity contribution >= 4 is 43.2 Å². The number of ether oxygens (including phenoxy) is 15. The highest BCUT2D eigenvalue weighted by molar-refractivity contribution is 7.91. The second-order valence-corrected chi connectivity index (χ2v) is 23.6. The van der Waals surface area contributed by atoms with Crippen LogP contribution in [-0.4, -0.2) is 269 Å². The molecule has 0 aliphatic rings. The van der Waals surface area contributed by atoms with Crippen molar-refractivity contribution in [1.82, 2.24) is 20.3 Å². The van der Waals surface area contributed by atoms with Crippen molar-refractivity contribution in [2.75, 3.05) is 204 Å². The monoisotopic (exact) mass is 1320 g/mol. The molecule has 1 amide bonds. The van der Waals surface area contributed by atoms with Crippen molar-refractivity contribution < 1.29 is 112 Å². The molecule has 0 radical (unpaired) electrons. The summed E-state index contributed by atoms with van der Waals surface area (Å²) >= 11 is 0. The highest BCUT2D eigenvalue weighted by atomic mass is 32.2. The lowest BCUT2D eigenvalue weighted by molar-refractivity contribution is -0.119. The number of sulfone groups is 1. The van der Waals surface area contributed by atoms with Crippen LogP contribution in [0.2, 0.25) is 0 Å². The molecular formula is C60H96N4O24S2. The minimum Gasteiger partial charge on any atom is -0.379 e. The van der Waals surface area contributed by atoms with Crippen molar-refractivity contribution in [2.24, 2.45) is 0 Å². The molecule has 3 rings (SSSR count). The van der Waals surface area contributed by atoms with E-state index in [1.807, 2.05) is 13.1 Å². The lowest BCUT2D eigenvalue weighted by Gasteiger charge is -2.14. The van der Waals surface area contributed by atoms with E-state index >= 15 is 0 Å². The molecule has 0 aliphatic carbocycles. The molecule has 512 valence electrons. The third kappa shape index (κ3) is 41.7. The Balaban J connectivity index is 0.981. The third-order valence-corrected chi connectivity index (χ3v) is 15.5. The quantitative estimate of drug-likeness (QED) is 0.0465. The molecule has 1 heterocycles. The second-order valence-electron chi connectivity index (χ2n) is 19.9. The van der Waals surface area contributed by atoms with Crippen LogP contribution in [0.15, 0.2) is 59.6 Å². The first-order valence-corrected chi connectivity index (χ1v) is 33.6. The second kappa shape index (κ2) is 51.8. The Morgan fingerprint density at radius 3 is 1.34 bits per heavy atom. The molecule has 3 aromatic rings. The molecule has 1 atom stereocenters. The molecule has 0 saturated heterocycles. The van der Waals surface area contributed by atoms with Crippen molar-refractivity contribution in [3.05, 3.63) is 77.1 Å². The zero-order chi connectivity index (χ0) is 65.0. The van der Waals surface area contributed by atoms with Crippen LogP contribution < -0.4 is 5.32 Å². The third-order valence-electron chi connectivity index (χ3n) is 12.5. The number of nitrogens with zero attached hydrogens (tertiary/aromatic N) is 3. The van der Waals surface area contributed by atoms with Crippen molar-refractivity contribution in [3.63, 3.8) is 0 Å². The minimum absolute atomic E-state index is 0.0695. The Morgan fingerprint density at radius 1 is 0.511 bits per heavy atom. The number of amides is 1. The van der Waals surface area contributed by atoms with E-state index in [4.69, 9.17) is 71.1 Å². The van der Waals surface area contributed by atoms with E-state index in [1.54, 1.807) is 23.7 Å². The van der Waals surface area contributed by atoms with E-state index in [2.05, 4.69) is 15.6 Å². The van der Waals surface area contributed by atoms with Crippen molar-refractivity contribution in [2.45, 2.75) is 75.7 Å². The number of nitrogens with one attached hydrogen (secondary N) is 1. The molecule has 0 fully saturated rings. The standard InChI is InChI=1S/C60H96N4O24S2/c1-51-10-12-56(13-11-51)89(69,70)47-15-57(66)53-7-3-8-54(48-53)60(68)61-16-14-59(90(71,72)73)58(67)9-5-19-75-22-25-78-27-28-79-29-30-80-31-32-81-33-34-82-35-36-83-37-38-84-39-40-85-41-42-86-43-44-87-45-46-88-50-55-49-64(63-62-55)17-20-76-23-26-77-24-21-74-18-4-6-52(2)65/h3,7-8,10-13,48-49,59H,4-6,9,14-47,50H2,1-2H3,(H,61,68)(H,71,72,73). The molecule has 28 nitrogen and oxygen atoms in total. The van der Waals surface area contributed by atoms with Gasteiger partial charge in [0.15, 0.2) is 21.4 Å². The summed E-state index contributed by atoms with van der Waals surface area (Å²) < 4.78 is 144. The van der Waals surface area contributed by atoms with Gasteiger partial charge in [0.2, 0.25) is 0 Å². The predicted octanol–water partition coefficient (Wildman–Crippen LogP) is 3.18. The Kier molecular flexibility index (Phi) is 45.8. The normalized spacial score (nSPS) is 12.2. The molecule has 30 heteroatoms. The van der Waals surface area contributed by atoms with Gasteiger partial charge in [0.05, 0.1) is 208 Å². The van der Waals surface area contributed by atoms with E-state index in [9.17, 15) is 40.6 Å². The van der Waals surface area contributed by atoms with Gasteiger partial charge in [0.1, 0.15) is 16.7 Å². The molecule has 1 aromatic heterocycles. The smallest absolute Gasteiger partial charge is 0.275 e. The van der Waals surface area contributed by atoms with Gasteiger partial charge in [0.25, 0.3) is 16.0 Å². The number of aryl methyl sites for hydroxylation is 1. The Hall–Kier alpha value is -4.68. The largest absolute Gasteiger partial charge is 0.379 e. The zero-order valence-electron chi connectivity index (χ0n) is 52.3. The Morgan fingerprint density at radius 2 is 0.911 bits per heavy atom.